The zero-order valence-corrected chi connectivity index (χ0v) is 3.55. The van der Waals surface area contributed by atoms with E-state index in [1.807, 2.05) is 0 Å². The van der Waals surface area contributed by atoms with Crippen LogP contribution in [-0.4, -0.2) is 0 Å². The summed E-state index contributed by atoms with van der Waals surface area (Å²) in [7, 11) is 0. The van der Waals surface area contributed by atoms with Crippen LogP contribution >= 0.6 is 0 Å². The van der Waals surface area contributed by atoms with Crippen LogP contribution in [0.1, 0.15) is 0 Å². The van der Waals surface area contributed by atoms with Gasteiger partial charge in [0.15, 0.2) is 0 Å². The molecule has 0 saturated carbocycles. The molecule has 0 aliphatic carbocycles. The summed E-state index contributed by atoms with van der Waals surface area (Å²) in [5, 5.41) is 7.25. The van der Waals surface area contributed by atoms with Crippen molar-refractivity contribution in [1.82, 2.24) is 5.90 Å². The van der Waals surface area contributed by atoms with Gasteiger partial charge in [0.05, 0.1) is 0 Å². The third-order valence-electron chi connectivity index (χ3n) is 0. The van der Waals surface area contributed by atoms with Gasteiger partial charge < -0.3 is 17.6 Å². The third kappa shape index (κ3) is 15.3. The second-order valence-corrected chi connectivity index (χ2v) is 0. The van der Waals surface area contributed by atoms with E-state index in [0.29, 0.717) is 0 Å². The largest absolute Gasteiger partial charge is 2.00 e. The smallest absolute Gasteiger partial charge is 1.00 e. The van der Waals surface area contributed by atoms with Gasteiger partial charge in [-0.05, 0) is 0 Å². The van der Waals surface area contributed by atoms with Gasteiger partial charge in [0.1, 0.15) is 0 Å². The first-order chi connectivity index (χ1) is 1.00. The van der Waals surface area contributed by atoms with Crippen LogP contribution in [0.3, 0.4) is 0 Å². The number of nitrogens with zero attached hydrogens (tertiary/aromatic N) is 1. The van der Waals surface area contributed by atoms with Gasteiger partial charge >= 0.3 is 17.1 Å². The fourth-order valence-electron chi connectivity index (χ4n) is 0. The Kier molecular flexibility index (Phi) is 287. The summed E-state index contributed by atoms with van der Waals surface area (Å²) in [6.07, 6.45) is 0. The van der Waals surface area contributed by atoms with Crippen molar-refractivity contribution in [1.29, 1.82) is 0 Å². The molecule has 0 aromatic rings. The van der Waals surface area contributed by atoms with Crippen LogP contribution in [0.2, 0.25) is 0 Å². The molecular formula is ClMnNO. The van der Waals surface area contributed by atoms with Gasteiger partial charge in [-0.3, -0.25) is 0 Å². The minimum absolute atomic E-state index is 0. The van der Waals surface area contributed by atoms with Gasteiger partial charge in [0, 0.05) is 0 Å². The van der Waals surface area contributed by atoms with E-state index in [4.69, 9.17) is 11.1 Å². The average Bonchev–Trinajstić information content (AvgIpc) is 1.00. The maximum atomic E-state index is 7.25. The summed E-state index contributed by atoms with van der Waals surface area (Å²) in [6, 6.07) is 0. The van der Waals surface area contributed by atoms with Gasteiger partial charge in [0.2, 0.25) is 0 Å². The molecule has 2 nitrogen and oxygen atoms in total. The quantitative estimate of drug-likeness (QED) is 0.242. The van der Waals surface area contributed by atoms with Crippen molar-refractivity contribution in [2.24, 2.45) is 0 Å². The molecule has 0 saturated heterocycles. The zero-order chi connectivity index (χ0) is 2.00. The van der Waals surface area contributed by atoms with E-state index < -0.39 is 0 Å². The molecule has 0 aromatic heterocycles. The number of halogens is 1. The molecule has 0 atom stereocenters. The standard InChI is InChI=1S/ClH.Mn.NO/c;;1-2/h1H;;/q;+2;-1/p-1. The van der Waals surface area contributed by atoms with E-state index in [-0.39, 0.29) is 29.5 Å². The van der Waals surface area contributed by atoms with E-state index in [1.54, 1.807) is 0 Å². The third-order valence-corrected chi connectivity index (χ3v) is 0. The van der Waals surface area contributed by atoms with Gasteiger partial charge in [-0.2, -0.15) is 0 Å². The molecule has 25 valence electrons. The molecule has 4 heavy (non-hydrogen) atoms. The molecule has 0 amide bonds. The molecule has 0 aromatic carbocycles. The summed E-state index contributed by atoms with van der Waals surface area (Å²) in [5.74, 6) is 5.75. The SMILES string of the molecule is [Cl-].[Mn+2].[N][O-]. The Morgan fingerprint density at radius 3 is 1.25 bits per heavy atom. The maximum absolute atomic E-state index is 7.25. The first-order valence-electron chi connectivity index (χ1n) is 0.183. The molecule has 0 rings (SSSR count). The second kappa shape index (κ2) is 52.2. The first-order valence-corrected chi connectivity index (χ1v) is 0.183. The molecule has 0 heterocycles. The first kappa shape index (κ1) is 22.0. The predicted molar refractivity (Wildman–Crippen MR) is 5.50 cm³/mol. The Bertz CT molecular complexity index is 8.00. The monoisotopic (exact) mass is 120 g/mol. The number of hydrogen-bond donors (Lipinski definition) is 0. The molecular weight excluding hydrogens is 120 g/mol. The van der Waals surface area contributed by atoms with Crippen LogP contribution in [0.4, 0.5) is 0 Å². The summed E-state index contributed by atoms with van der Waals surface area (Å²) in [6.45, 7) is 0. The number of hydrogen-bond acceptors (Lipinski definition) is 1. The predicted octanol–water partition coefficient (Wildman–Crippen LogP) is -3.45. The van der Waals surface area contributed by atoms with Crippen molar-refractivity contribution < 1.29 is 29.5 Å². The van der Waals surface area contributed by atoms with Crippen LogP contribution < -0.4 is 18.3 Å². The van der Waals surface area contributed by atoms with Crippen molar-refractivity contribution in [2.45, 2.75) is 0 Å². The Morgan fingerprint density at radius 2 is 1.25 bits per heavy atom. The fourth-order valence-corrected chi connectivity index (χ4v) is 0. The van der Waals surface area contributed by atoms with Crippen molar-refractivity contribution in [3.63, 3.8) is 0 Å². The maximum Gasteiger partial charge on any atom is 2.00 e. The van der Waals surface area contributed by atoms with E-state index >= 15 is 0 Å². The van der Waals surface area contributed by atoms with Gasteiger partial charge in [-0.1, -0.05) is 0 Å². The van der Waals surface area contributed by atoms with E-state index in [1.165, 1.54) is 0 Å². The number of rotatable bonds is 0. The van der Waals surface area contributed by atoms with E-state index in [9.17, 15) is 0 Å². The molecule has 0 bridgehead atoms. The Hall–Kier alpha value is 0.729. The average molecular weight is 120 g/mol. The van der Waals surface area contributed by atoms with Crippen molar-refractivity contribution in [3.8, 4) is 0 Å². The molecule has 0 unspecified atom stereocenters. The molecule has 4 heteroatoms. The van der Waals surface area contributed by atoms with Gasteiger partial charge in [-0.25, -0.2) is 5.90 Å². The minimum Gasteiger partial charge on any atom is -1.00 e. The Balaban J connectivity index is -0.00000000500. The summed E-state index contributed by atoms with van der Waals surface area (Å²) < 4.78 is 0. The van der Waals surface area contributed by atoms with Crippen LogP contribution in [0.25, 0.3) is 0 Å². The van der Waals surface area contributed by atoms with E-state index in [0.717, 1.165) is 0 Å². The Labute approximate surface area is 41.2 Å². The van der Waals surface area contributed by atoms with Crippen molar-refractivity contribution >= 4 is 0 Å². The fraction of sp³-hybridized carbons (Fsp3) is 0. The molecule has 0 spiro atoms. The zero-order valence-electron chi connectivity index (χ0n) is 1.61. The minimum atomic E-state index is 0. The van der Waals surface area contributed by atoms with Crippen molar-refractivity contribution in [2.75, 3.05) is 0 Å². The normalized spacial score (nSPS) is 1.50. The summed E-state index contributed by atoms with van der Waals surface area (Å²) in [4.78, 5) is 0. The Morgan fingerprint density at radius 1 is 1.25 bits per heavy atom. The van der Waals surface area contributed by atoms with E-state index in [2.05, 4.69) is 0 Å². The van der Waals surface area contributed by atoms with Gasteiger partial charge in [-0.15, -0.1) is 0 Å². The topological polar surface area (TPSA) is 45.4 Å². The summed E-state index contributed by atoms with van der Waals surface area (Å²) >= 11 is 0. The van der Waals surface area contributed by atoms with Crippen LogP contribution in [0.5, 0.6) is 0 Å². The van der Waals surface area contributed by atoms with Crippen LogP contribution in [0.15, 0.2) is 0 Å². The van der Waals surface area contributed by atoms with Crippen molar-refractivity contribution in [3.05, 3.63) is 5.21 Å². The van der Waals surface area contributed by atoms with Crippen LogP contribution in [0, 0.1) is 5.21 Å². The molecule has 0 fully saturated rings. The molecule has 3 radical (unpaired) electrons. The van der Waals surface area contributed by atoms with Gasteiger partial charge in [0.25, 0.3) is 0 Å². The second-order valence-electron chi connectivity index (χ2n) is 0. The molecule has 0 aliphatic heterocycles. The molecule has 0 aliphatic rings. The summed E-state index contributed by atoms with van der Waals surface area (Å²) in [5.41, 5.74) is 0. The molecule has 0 N–H and O–H groups in total. The van der Waals surface area contributed by atoms with Crippen LogP contribution in [-0.2, 0) is 17.1 Å².